The molecule has 0 aliphatic heterocycles. The van der Waals surface area contributed by atoms with E-state index in [0.717, 1.165) is 44.9 Å². The van der Waals surface area contributed by atoms with Gasteiger partial charge in [-0.3, -0.25) is 9.59 Å². The van der Waals surface area contributed by atoms with Crippen molar-refractivity contribution in [1.29, 1.82) is 0 Å². The minimum atomic E-state index is -4.75. The second-order valence-corrected chi connectivity index (χ2v) is 11.7. The van der Waals surface area contributed by atoms with E-state index >= 15 is 0 Å². The van der Waals surface area contributed by atoms with Gasteiger partial charge in [0.2, 0.25) is 0 Å². The van der Waals surface area contributed by atoms with Crippen LogP contribution in [0.25, 0.3) is 0 Å². The van der Waals surface area contributed by atoms with E-state index in [0.29, 0.717) is 18.6 Å². The summed E-state index contributed by atoms with van der Waals surface area (Å²) in [5.41, 5.74) is 0.141. The number of ketones is 1. The Bertz CT molecular complexity index is 854. The molecule has 0 saturated heterocycles. The molecule has 0 aliphatic carbocycles. The van der Waals surface area contributed by atoms with E-state index in [1.54, 1.807) is 0 Å². The Labute approximate surface area is 254 Å². The van der Waals surface area contributed by atoms with Crippen LogP contribution in [0.15, 0.2) is 24.3 Å². The van der Waals surface area contributed by atoms with Gasteiger partial charge in [-0.25, -0.2) is 8.42 Å². The molecule has 1 rings (SSSR count). The fraction of sp³-hybridized carbons (Fsp3) is 0.733. The fourth-order valence-corrected chi connectivity index (χ4v) is 5.36. The van der Waals surface area contributed by atoms with E-state index < -0.39 is 21.2 Å². The van der Waals surface area contributed by atoms with Crippen molar-refractivity contribution in [2.75, 3.05) is 0 Å². The van der Waals surface area contributed by atoms with Crippen molar-refractivity contribution in [3.8, 4) is 5.75 Å². The largest absolute Gasteiger partial charge is 1.00 e. The number of esters is 1. The second kappa shape index (κ2) is 23.0. The second-order valence-electron chi connectivity index (χ2n) is 10.2. The molecule has 0 aliphatic rings. The van der Waals surface area contributed by atoms with Crippen molar-refractivity contribution in [3.05, 3.63) is 29.8 Å². The summed E-state index contributed by atoms with van der Waals surface area (Å²) in [5.74, 6) is -0.704. The predicted molar refractivity (Wildman–Crippen MR) is 149 cm³/mol. The normalized spacial score (nSPS) is 12.1. The quantitative estimate of drug-likeness (QED) is 0.0459. The Kier molecular flexibility index (Phi) is 22.6. The van der Waals surface area contributed by atoms with Crippen molar-refractivity contribution in [3.63, 3.8) is 0 Å². The fourth-order valence-electron chi connectivity index (χ4n) is 4.51. The van der Waals surface area contributed by atoms with Crippen LogP contribution in [0.4, 0.5) is 0 Å². The van der Waals surface area contributed by atoms with Crippen LogP contribution in [0, 0.1) is 0 Å². The van der Waals surface area contributed by atoms with Gasteiger partial charge in [0.1, 0.15) is 21.1 Å². The number of unbranched alkanes of at least 4 members (excludes halogenated alkanes) is 15. The zero-order valence-corrected chi connectivity index (χ0v) is 27.0. The molecule has 0 heterocycles. The average molecular weight is 561 g/mol. The van der Waals surface area contributed by atoms with E-state index in [4.69, 9.17) is 4.74 Å². The molecular formula is C30H49NaO6S. The number of Topliss-reactive ketones (excluding diaryl/α,β-unsaturated/α-hetero) is 1. The number of benzene rings is 1. The average Bonchev–Trinajstić information content (AvgIpc) is 2.86. The molecule has 0 radical (unpaired) electrons. The van der Waals surface area contributed by atoms with E-state index in [-0.39, 0.29) is 47.5 Å². The first-order valence-corrected chi connectivity index (χ1v) is 16.1. The van der Waals surface area contributed by atoms with Gasteiger partial charge in [0.25, 0.3) is 0 Å². The van der Waals surface area contributed by atoms with Gasteiger partial charge in [0.05, 0.1) is 0 Å². The molecule has 0 bridgehead atoms. The van der Waals surface area contributed by atoms with Gasteiger partial charge in [-0.15, -0.1) is 0 Å². The number of ether oxygens (including phenoxy) is 1. The van der Waals surface area contributed by atoms with E-state index in [1.165, 1.54) is 82.1 Å². The van der Waals surface area contributed by atoms with E-state index in [9.17, 15) is 22.6 Å². The topological polar surface area (TPSA) is 101 Å². The summed E-state index contributed by atoms with van der Waals surface area (Å²) in [5, 5.41) is -1.58. The third-order valence-electron chi connectivity index (χ3n) is 6.82. The summed E-state index contributed by atoms with van der Waals surface area (Å²) in [7, 11) is -4.75. The monoisotopic (exact) mass is 560 g/mol. The zero-order valence-electron chi connectivity index (χ0n) is 24.2. The smallest absolute Gasteiger partial charge is 0.747 e. The summed E-state index contributed by atoms with van der Waals surface area (Å²) in [6.45, 7) is 4.38. The van der Waals surface area contributed by atoms with Gasteiger partial charge in [-0.05, 0) is 37.1 Å². The summed E-state index contributed by atoms with van der Waals surface area (Å²) in [6.07, 6.45) is 19.1. The van der Waals surface area contributed by atoms with Gasteiger partial charge in [-0.1, -0.05) is 117 Å². The first-order chi connectivity index (χ1) is 17.8. The Morgan fingerprint density at radius 3 is 1.58 bits per heavy atom. The van der Waals surface area contributed by atoms with Gasteiger partial charge in [0, 0.05) is 12.0 Å². The van der Waals surface area contributed by atoms with Crippen LogP contribution in [0.3, 0.4) is 0 Å². The molecule has 1 unspecified atom stereocenters. The summed E-state index contributed by atoms with van der Waals surface area (Å²) in [4.78, 5) is 24.9. The molecule has 0 fully saturated rings. The third-order valence-corrected chi connectivity index (χ3v) is 7.96. The van der Waals surface area contributed by atoms with Crippen LogP contribution in [-0.4, -0.2) is 30.0 Å². The zero-order chi connectivity index (χ0) is 27.4. The van der Waals surface area contributed by atoms with Crippen molar-refractivity contribution < 1.29 is 56.9 Å². The van der Waals surface area contributed by atoms with Crippen molar-refractivity contribution >= 4 is 21.9 Å². The van der Waals surface area contributed by atoms with Gasteiger partial charge < -0.3 is 9.29 Å². The molecule has 1 aromatic carbocycles. The maximum Gasteiger partial charge on any atom is 1.00 e. The molecule has 1 atom stereocenters. The first kappa shape index (κ1) is 37.3. The Hall–Kier alpha value is -0.730. The Balaban J connectivity index is 0.0000137. The number of rotatable bonds is 23. The van der Waals surface area contributed by atoms with Crippen LogP contribution in [0.5, 0.6) is 5.75 Å². The maximum atomic E-state index is 12.8. The molecule has 0 amide bonds. The van der Waals surface area contributed by atoms with Crippen molar-refractivity contribution in [1.82, 2.24) is 0 Å². The third kappa shape index (κ3) is 17.8. The number of hydrogen-bond donors (Lipinski definition) is 0. The van der Waals surface area contributed by atoms with E-state index in [2.05, 4.69) is 13.8 Å². The molecule has 8 heteroatoms. The van der Waals surface area contributed by atoms with Gasteiger partial charge >= 0.3 is 35.5 Å². The van der Waals surface area contributed by atoms with Crippen LogP contribution < -0.4 is 34.3 Å². The molecule has 6 nitrogen and oxygen atoms in total. The first-order valence-electron chi connectivity index (χ1n) is 14.6. The van der Waals surface area contributed by atoms with Crippen LogP contribution in [0.1, 0.15) is 146 Å². The molecule has 1 aromatic rings. The summed E-state index contributed by atoms with van der Waals surface area (Å²) >= 11 is 0. The molecule has 0 saturated carbocycles. The van der Waals surface area contributed by atoms with Gasteiger partial charge in [-0.2, -0.15) is 0 Å². The Morgan fingerprint density at radius 2 is 1.13 bits per heavy atom. The van der Waals surface area contributed by atoms with Crippen molar-refractivity contribution in [2.24, 2.45) is 0 Å². The number of carbonyl (C=O) groups is 2. The molecule has 0 N–H and O–H groups in total. The molecule has 0 spiro atoms. The minimum Gasteiger partial charge on any atom is -0.747 e. The summed E-state index contributed by atoms with van der Waals surface area (Å²) in [6, 6.07) is 5.81. The van der Waals surface area contributed by atoms with Gasteiger partial charge in [0.15, 0.2) is 5.78 Å². The van der Waals surface area contributed by atoms with Crippen LogP contribution in [0.2, 0.25) is 0 Å². The standard InChI is InChI=1S/C30H50O6S.Na/c1-3-5-7-9-11-13-15-17-19-21-29(31)36-27-24-22-26(23-25-27)30(32)28(37(33,34)35)20-18-16-14-12-10-8-6-4-2;/h22-25,28H,3-21H2,1-2H3,(H,33,34,35);/q;+1/p-1. The Morgan fingerprint density at radius 1 is 0.711 bits per heavy atom. The van der Waals surface area contributed by atoms with Crippen LogP contribution in [-0.2, 0) is 14.9 Å². The minimum absolute atomic E-state index is 0. The maximum absolute atomic E-state index is 12.8. The number of carbonyl (C=O) groups excluding carboxylic acids is 2. The van der Waals surface area contributed by atoms with Crippen molar-refractivity contribution in [2.45, 2.75) is 141 Å². The predicted octanol–water partition coefficient (Wildman–Crippen LogP) is 5.14. The molecule has 38 heavy (non-hydrogen) atoms. The van der Waals surface area contributed by atoms with Crippen LogP contribution >= 0.6 is 0 Å². The molecule has 212 valence electrons. The SMILES string of the molecule is CCCCCCCCCCCC(=O)Oc1ccc(C(=O)C(CCCCCCCCCC)S(=O)(=O)[O-])cc1.[Na+]. The molecular weight excluding hydrogens is 511 g/mol. The molecule has 0 aromatic heterocycles. The summed E-state index contributed by atoms with van der Waals surface area (Å²) < 4.78 is 40.7. The van der Waals surface area contributed by atoms with E-state index in [1.807, 2.05) is 0 Å². The number of hydrogen-bond acceptors (Lipinski definition) is 6.